The second-order valence-corrected chi connectivity index (χ2v) is 20.5. The number of para-hydroxylation sites is 9. The van der Waals surface area contributed by atoms with Gasteiger partial charge in [0.1, 0.15) is 11.6 Å². The lowest BCUT2D eigenvalue weighted by Crippen LogP contribution is -2.16. The van der Waals surface area contributed by atoms with Gasteiger partial charge in [0, 0.05) is 65.9 Å². The van der Waals surface area contributed by atoms with Gasteiger partial charge in [-0.3, -0.25) is 4.98 Å². The monoisotopic (exact) mass is 1010 g/mol. The van der Waals surface area contributed by atoms with Crippen LogP contribution in [0, 0.1) is 11.3 Å². The van der Waals surface area contributed by atoms with Crippen LogP contribution in [0.25, 0.3) is 149 Å². The zero-order valence-electron chi connectivity index (χ0n) is 42.5. The molecule has 366 valence electrons. The highest BCUT2D eigenvalue weighted by atomic mass is 15.1. The van der Waals surface area contributed by atoms with Crippen molar-refractivity contribution in [1.82, 2.24) is 27.8 Å². The van der Waals surface area contributed by atoms with Gasteiger partial charge < -0.3 is 22.8 Å². The molecule has 0 saturated carbocycles. The van der Waals surface area contributed by atoms with E-state index in [0.717, 1.165) is 149 Å². The fraction of sp³-hybridized carbons (Fsp3) is 0. The summed E-state index contributed by atoms with van der Waals surface area (Å²) in [5.74, 6) is 0. The van der Waals surface area contributed by atoms with E-state index < -0.39 is 0 Å². The van der Waals surface area contributed by atoms with Crippen molar-refractivity contribution in [1.29, 1.82) is 5.26 Å². The predicted molar refractivity (Wildman–Crippen MR) is 326 cm³/mol. The first-order chi connectivity index (χ1) is 39.2. The van der Waals surface area contributed by atoms with Crippen LogP contribution in [-0.4, -0.2) is 27.8 Å². The van der Waals surface area contributed by atoms with Crippen LogP contribution in [0.5, 0.6) is 0 Å². The summed E-state index contributed by atoms with van der Waals surface area (Å²) in [6.45, 7) is 0. The molecule has 17 rings (SSSR count). The molecule has 11 aromatic carbocycles. The highest BCUT2D eigenvalue weighted by molar-refractivity contribution is 6.17. The Kier molecular flexibility index (Phi) is 9.06. The van der Waals surface area contributed by atoms with E-state index in [1.165, 1.54) is 0 Å². The minimum absolute atomic E-state index is 0.528. The molecule has 0 unspecified atom stereocenters. The topological polar surface area (TPSA) is 61.3 Å². The zero-order valence-corrected chi connectivity index (χ0v) is 42.5. The lowest BCUT2D eigenvalue weighted by molar-refractivity contribution is 1.04. The van der Waals surface area contributed by atoms with Gasteiger partial charge in [-0.2, -0.15) is 5.26 Å². The van der Waals surface area contributed by atoms with Gasteiger partial charge in [0.05, 0.1) is 83.4 Å². The predicted octanol–water partition coefficient (Wildman–Crippen LogP) is 18.1. The van der Waals surface area contributed by atoms with Crippen molar-refractivity contribution in [3.8, 4) is 45.6 Å². The Hall–Kier alpha value is -10.9. The highest BCUT2D eigenvalue weighted by Gasteiger charge is 2.35. The number of nitrogens with zero attached hydrogens (tertiary/aromatic N) is 7. The summed E-state index contributed by atoms with van der Waals surface area (Å²) in [5.41, 5.74) is 17.9. The molecule has 0 saturated heterocycles. The number of aromatic nitrogens is 6. The quantitative estimate of drug-likeness (QED) is 0.167. The lowest BCUT2D eigenvalue weighted by atomic mass is 9.93. The minimum atomic E-state index is 0.528. The Bertz CT molecular complexity index is 4960. The third-order valence-electron chi connectivity index (χ3n) is 16.5. The van der Waals surface area contributed by atoms with E-state index in [0.29, 0.717) is 5.56 Å². The van der Waals surface area contributed by atoms with Crippen LogP contribution in [0.4, 0.5) is 0 Å². The first-order valence-electron chi connectivity index (χ1n) is 26.8. The summed E-state index contributed by atoms with van der Waals surface area (Å²) in [6.07, 6.45) is 1.88. The first kappa shape index (κ1) is 43.3. The Balaban J connectivity index is 1.20. The van der Waals surface area contributed by atoms with Gasteiger partial charge in [-0.1, -0.05) is 176 Å². The van der Waals surface area contributed by atoms with Crippen molar-refractivity contribution in [3.63, 3.8) is 0 Å². The maximum Gasteiger partial charge on any atom is 0.104 e. The second-order valence-electron chi connectivity index (χ2n) is 20.5. The highest BCUT2D eigenvalue weighted by Crippen LogP contribution is 2.52. The van der Waals surface area contributed by atoms with Gasteiger partial charge in [0.25, 0.3) is 0 Å². The molecule has 0 atom stereocenters. The molecule has 0 radical (unpaired) electrons. The third kappa shape index (κ3) is 5.92. The Morgan fingerprint density at radius 3 is 0.937 bits per heavy atom. The first-order valence-corrected chi connectivity index (χ1v) is 26.8. The summed E-state index contributed by atoms with van der Waals surface area (Å²) < 4.78 is 12.1. The molecule has 0 aliphatic carbocycles. The van der Waals surface area contributed by atoms with Crippen LogP contribution in [0.3, 0.4) is 0 Å². The molecule has 6 heterocycles. The van der Waals surface area contributed by atoms with Gasteiger partial charge in [-0.05, 0) is 84.4 Å². The van der Waals surface area contributed by atoms with Crippen LogP contribution < -0.4 is 0 Å². The number of benzene rings is 11. The molecule has 0 fully saturated rings. The van der Waals surface area contributed by atoms with E-state index in [4.69, 9.17) is 4.98 Å². The van der Waals surface area contributed by atoms with Crippen LogP contribution in [0.15, 0.2) is 261 Å². The number of nitriles is 1. The summed E-state index contributed by atoms with van der Waals surface area (Å²) in [7, 11) is 0. The van der Waals surface area contributed by atoms with Gasteiger partial charge in [0.15, 0.2) is 0 Å². The molecule has 17 aromatic rings. The van der Waals surface area contributed by atoms with Crippen LogP contribution in [0.2, 0.25) is 0 Å². The van der Waals surface area contributed by atoms with Crippen molar-refractivity contribution in [2.75, 3.05) is 0 Å². The summed E-state index contributed by atoms with van der Waals surface area (Å²) in [6, 6.07) is 94.5. The van der Waals surface area contributed by atoms with E-state index >= 15 is 0 Å². The molecular weight excluding hydrogens is 963 g/mol. The van der Waals surface area contributed by atoms with Crippen LogP contribution in [-0.2, 0) is 0 Å². The van der Waals surface area contributed by atoms with Gasteiger partial charge in [0.2, 0.25) is 0 Å². The minimum Gasteiger partial charge on any atom is -0.308 e. The molecule has 79 heavy (non-hydrogen) atoms. The SMILES string of the molecule is N#Cc1c(-n2c3ccccc3c3ccccc32)c(-n2c3ccccc3c3ccccc32)c(-c2cccc(-n3c4ccccc4c4ncccc43)c2)c(-n2c3ccccc3c3ccccc32)c1-n1c2ccccc2c2ccccc21. The molecule has 7 nitrogen and oxygen atoms in total. The van der Waals surface area contributed by atoms with E-state index in [2.05, 4.69) is 278 Å². The Morgan fingerprint density at radius 2 is 0.582 bits per heavy atom. The molecule has 6 aromatic heterocycles. The Morgan fingerprint density at radius 1 is 0.278 bits per heavy atom. The van der Waals surface area contributed by atoms with Gasteiger partial charge in [-0.15, -0.1) is 0 Å². The second kappa shape index (κ2) is 16.5. The summed E-state index contributed by atoms with van der Waals surface area (Å²) in [4.78, 5) is 4.98. The fourth-order valence-electron chi connectivity index (χ4n) is 13.5. The third-order valence-corrected chi connectivity index (χ3v) is 16.5. The number of hydrogen-bond acceptors (Lipinski definition) is 2. The van der Waals surface area contributed by atoms with Crippen molar-refractivity contribution >= 4 is 109 Å². The number of hydrogen-bond donors (Lipinski definition) is 0. The van der Waals surface area contributed by atoms with E-state index in [-0.39, 0.29) is 0 Å². The van der Waals surface area contributed by atoms with Crippen molar-refractivity contribution in [2.45, 2.75) is 0 Å². The maximum absolute atomic E-state index is 12.9. The fourth-order valence-corrected chi connectivity index (χ4v) is 13.5. The summed E-state index contributed by atoms with van der Waals surface area (Å²) in [5, 5.41) is 22.9. The average molecular weight is 1010 g/mol. The molecule has 0 N–H and O–H groups in total. The lowest BCUT2D eigenvalue weighted by Gasteiger charge is -2.29. The molecular formula is C72H43N7. The molecule has 7 heteroatoms. The van der Waals surface area contributed by atoms with Crippen LogP contribution in [0.1, 0.15) is 5.56 Å². The van der Waals surface area contributed by atoms with E-state index in [9.17, 15) is 5.26 Å². The zero-order chi connectivity index (χ0) is 51.9. The Labute approximate surface area is 452 Å². The smallest absolute Gasteiger partial charge is 0.104 e. The number of rotatable bonds is 6. The normalized spacial score (nSPS) is 12.0. The molecule has 0 bridgehead atoms. The molecule has 0 amide bonds. The number of pyridine rings is 1. The largest absolute Gasteiger partial charge is 0.308 e. The maximum atomic E-state index is 12.9. The molecule has 0 spiro atoms. The average Bonchev–Trinajstić information content (AvgIpc) is 4.35. The summed E-state index contributed by atoms with van der Waals surface area (Å²) >= 11 is 0. The van der Waals surface area contributed by atoms with Gasteiger partial charge >= 0.3 is 0 Å². The van der Waals surface area contributed by atoms with Crippen molar-refractivity contribution in [2.24, 2.45) is 0 Å². The van der Waals surface area contributed by atoms with Crippen molar-refractivity contribution in [3.05, 3.63) is 267 Å². The standard InChI is InChI=1S/C72H43N7/c73-44-56-69(76-57-32-10-1-23-47(57)48-24-2-11-33-58(48)76)71(78-61-36-14-5-27-51(61)52-28-6-15-37-62(52)78)67(45-21-19-22-46(43-45)75-65-40-18-9-31-55(65)68-66(75)41-20-42-74-68)72(79-63-38-16-7-29-53(63)54-30-8-17-39-64(54)79)70(56)77-59-34-12-3-25-49(59)50-26-4-13-35-60(50)77/h1-43H. The number of fused-ring (bicyclic) bond motifs is 15. The van der Waals surface area contributed by atoms with Crippen LogP contribution >= 0.6 is 0 Å². The molecule has 0 aliphatic rings. The van der Waals surface area contributed by atoms with E-state index in [1.54, 1.807) is 0 Å². The van der Waals surface area contributed by atoms with E-state index in [1.807, 2.05) is 12.3 Å². The van der Waals surface area contributed by atoms with Gasteiger partial charge in [-0.25, -0.2) is 0 Å². The molecule has 0 aliphatic heterocycles. The van der Waals surface area contributed by atoms with Crippen molar-refractivity contribution < 1.29 is 0 Å².